The number of rotatable bonds is 4. The zero-order valence-corrected chi connectivity index (χ0v) is 9.03. The molecule has 0 aromatic carbocycles. The molecule has 12 heavy (non-hydrogen) atoms. The first-order valence-corrected chi connectivity index (χ1v) is 4.78. The van der Waals surface area contributed by atoms with E-state index in [0.29, 0.717) is 5.92 Å². The minimum absolute atomic E-state index is 0.0432. The Kier molecular flexibility index (Phi) is 4.61. The van der Waals surface area contributed by atoms with Crippen molar-refractivity contribution in [2.45, 2.75) is 39.7 Å². The molecule has 0 heterocycles. The topological polar surface area (TPSA) is 29.1 Å². The summed E-state index contributed by atoms with van der Waals surface area (Å²) in [5, 5.41) is 2.87. The van der Waals surface area contributed by atoms with Gasteiger partial charge in [-0.15, -0.1) is 11.6 Å². The maximum absolute atomic E-state index is 11.0. The van der Waals surface area contributed by atoms with Crippen LogP contribution in [-0.4, -0.2) is 17.3 Å². The second kappa shape index (κ2) is 4.70. The van der Waals surface area contributed by atoms with Crippen molar-refractivity contribution >= 4 is 17.5 Å². The fourth-order valence-corrected chi connectivity index (χ4v) is 1.55. The van der Waals surface area contributed by atoms with Gasteiger partial charge >= 0.3 is 0 Å². The van der Waals surface area contributed by atoms with Gasteiger partial charge in [-0.1, -0.05) is 13.8 Å². The van der Waals surface area contributed by atoms with Crippen molar-refractivity contribution in [3.63, 3.8) is 0 Å². The molecule has 2 nitrogen and oxygen atoms in total. The van der Waals surface area contributed by atoms with Crippen LogP contribution in [-0.2, 0) is 4.79 Å². The lowest BCUT2D eigenvalue weighted by atomic mass is 9.93. The van der Waals surface area contributed by atoms with E-state index in [1.165, 1.54) is 0 Å². The number of amides is 1. The molecule has 0 aromatic heterocycles. The Hall–Kier alpha value is -0.240. The highest BCUT2D eigenvalue weighted by Crippen LogP contribution is 2.15. The highest BCUT2D eigenvalue weighted by molar-refractivity contribution is 6.27. The van der Waals surface area contributed by atoms with E-state index >= 15 is 0 Å². The molecule has 1 amide bonds. The summed E-state index contributed by atoms with van der Waals surface area (Å²) in [6, 6.07) is 0. The van der Waals surface area contributed by atoms with Gasteiger partial charge in [0, 0.05) is 5.54 Å². The molecule has 0 aliphatic heterocycles. The van der Waals surface area contributed by atoms with Gasteiger partial charge in [0.25, 0.3) is 0 Å². The first-order chi connectivity index (χ1) is 5.37. The quantitative estimate of drug-likeness (QED) is 0.679. The number of nitrogens with one attached hydrogen (secondary N) is 1. The van der Waals surface area contributed by atoms with Crippen LogP contribution in [0.4, 0.5) is 0 Å². The molecule has 0 bridgehead atoms. The highest BCUT2D eigenvalue weighted by atomic mass is 35.5. The normalized spacial score (nSPS) is 11.8. The molecule has 0 saturated carbocycles. The zero-order valence-electron chi connectivity index (χ0n) is 8.28. The van der Waals surface area contributed by atoms with Gasteiger partial charge < -0.3 is 5.32 Å². The first-order valence-electron chi connectivity index (χ1n) is 4.24. The van der Waals surface area contributed by atoms with E-state index in [9.17, 15) is 4.79 Å². The summed E-state index contributed by atoms with van der Waals surface area (Å²) in [4.78, 5) is 11.0. The van der Waals surface area contributed by atoms with Crippen LogP contribution in [0, 0.1) is 5.92 Å². The predicted octanol–water partition coefficient (Wildman–Crippen LogP) is 2.17. The lowest BCUT2D eigenvalue weighted by Gasteiger charge is -2.27. The molecule has 3 heteroatoms. The molecule has 0 saturated heterocycles. The highest BCUT2D eigenvalue weighted by Gasteiger charge is 2.20. The van der Waals surface area contributed by atoms with Gasteiger partial charge in [0.1, 0.15) is 5.88 Å². The second-order valence-corrected chi connectivity index (χ2v) is 4.43. The van der Waals surface area contributed by atoms with Gasteiger partial charge in [0.15, 0.2) is 0 Å². The van der Waals surface area contributed by atoms with Crippen LogP contribution in [0.3, 0.4) is 0 Å². The lowest BCUT2D eigenvalue weighted by molar-refractivity contribution is -0.120. The molecule has 0 unspecified atom stereocenters. The maximum atomic E-state index is 11.0. The molecule has 0 radical (unpaired) electrons. The van der Waals surface area contributed by atoms with Crippen LogP contribution in [0.2, 0.25) is 0 Å². The monoisotopic (exact) mass is 191 g/mol. The molecular formula is C9H18ClNO. The van der Waals surface area contributed by atoms with E-state index < -0.39 is 0 Å². The van der Waals surface area contributed by atoms with Crippen LogP contribution < -0.4 is 5.32 Å². The van der Waals surface area contributed by atoms with E-state index in [-0.39, 0.29) is 17.3 Å². The molecule has 72 valence electrons. The number of halogens is 1. The third-order valence-corrected chi connectivity index (χ3v) is 1.76. The molecule has 0 rings (SSSR count). The summed E-state index contributed by atoms with van der Waals surface area (Å²) < 4.78 is 0. The fourth-order valence-electron chi connectivity index (χ4n) is 1.48. The molecular weight excluding hydrogens is 174 g/mol. The summed E-state index contributed by atoms with van der Waals surface area (Å²) in [5.74, 6) is 0.527. The van der Waals surface area contributed by atoms with Crippen molar-refractivity contribution in [2.75, 3.05) is 5.88 Å². The second-order valence-electron chi connectivity index (χ2n) is 4.16. The van der Waals surface area contributed by atoms with Gasteiger partial charge in [-0.3, -0.25) is 4.79 Å². The summed E-state index contributed by atoms with van der Waals surface area (Å²) in [5.41, 5.74) is -0.139. The minimum atomic E-state index is -0.139. The van der Waals surface area contributed by atoms with Crippen molar-refractivity contribution in [1.82, 2.24) is 5.32 Å². The summed E-state index contributed by atoms with van der Waals surface area (Å²) in [6.07, 6.45) is 0.968. The molecule has 0 fully saturated rings. The molecule has 0 aliphatic rings. The number of hydrogen-bond donors (Lipinski definition) is 1. The fraction of sp³-hybridized carbons (Fsp3) is 0.889. The van der Waals surface area contributed by atoms with E-state index in [1.54, 1.807) is 0 Å². The number of carbonyl (C=O) groups excluding carboxylic acids is 1. The maximum Gasteiger partial charge on any atom is 0.235 e. The van der Waals surface area contributed by atoms with E-state index in [2.05, 4.69) is 19.2 Å². The third-order valence-electron chi connectivity index (χ3n) is 1.52. The Balaban J connectivity index is 3.94. The Labute approximate surface area is 79.7 Å². The smallest absolute Gasteiger partial charge is 0.235 e. The van der Waals surface area contributed by atoms with Crippen LogP contribution in [0.25, 0.3) is 0 Å². The minimum Gasteiger partial charge on any atom is -0.350 e. The van der Waals surface area contributed by atoms with Gasteiger partial charge in [0.2, 0.25) is 5.91 Å². The van der Waals surface area contributed by atoms with Gasteiger partial charge in [-0.2, -0.15) is 0 Å². The van der Waals surface area contributed by atoms with E-state index in [0.717, 1.165) is 6.42 Å². The van der Waals surface area contributed by atoms with Crippen molar-refractivity contribution in [3.05, 3.63) is 0 Å². The predicted molar refractivity (Wildman–Crippen MR) is 52.4 cm³/mol. The Morgan fingerprint density at radius 2 is 2.00 bits per heavy atom. The molecule has 1 N–H and O–H groups in total. The van der Waals surface area contributed by atoms with Crippen LogP contribution in [0.5, 0.6) is 0 Å². The number of carbonyl (C=O) groups is 1. The Bertz CT molecular complexity index is 155. The summed E-state index contributed by atoms with van der Waals surface area (Å²) in [7, 11) is 0. The number of hydrogen-bond acceptors (Lipinski definition) is 1. The zero-order chi connectivity index (χ0) is 9.78. The molecule has 0 aliphatic carbocycles. The lowest BCUT2D eigenvalue weighted by Crippen LogP contribution is -2.44. The van der Waals surface area contributed by atoms with Crippen molar-refractivity contribution in [1.29, 1.82) is 0 Å². The average molecular weight is 192 g/mol. The largest absolute Gasteiger partial charge is 0.350 e. The summed E-state index contributed by atoms with van der Waals surface area (Å²) in [6.45, 7) is 8.29. The number of alkyl halides is 1. The van der Waals surface area contributed by atoms with Crippen molar-refractivity contribution in [3.8, 4) is 0 Å². The van der Waals surface area contributed by atoms with Gasteiger partial charge in [-0.25, -0.2) is 0 Å². The molecule has 0 spiro atoms. The first kappa shape index (κ1) is 11.8. The standard InChI is InChI=1S/C9H18ClNO/c1-7(2)5-9(3,4)11-8(12)6-10/h7H,5-6H2,1-4H3,(H,11,12). The van der Waals surface area contributed by atoms with E-state index in [4.69, 9.17) is 11.6 Å². The third kappa shape index (κ3) is 5.42. The van der Waals surface area contributed by atoms with Crippen LogP contribution in [0.1, 0.15) is 34.1 Å². The van der Waals surface area contributed by atoms with Gasteiger partial charge in [0.05, 0.1) is 0 Å². The van der Waals surface area contributed by atoms with Crippen molar-refractivity contribution < 1.29 is 4.79 Å². The van der Waals surface area contributed by atoms with Crippen LogP contribution >= 0.6 is 11.6 Å². The van der Waals surface area contributed by atoms with Crippen LogP contribution in [0.15, 0.2) is 0 Å². The molecule has 0 atom stereocenters. The Morgan fingerprint density at radius 1 is 1.50 bits per heavy atom. The van der Waals surface area contributed by atoms with E-state index in [1.807, 2.05) is 13.8 Å². The SMILES string of the molecule is CC(C)CC(C)(C)NC(=O)CCl. The van der Waals surface area contributed by atoms with Gasteiger partial charge in [-0.05, 0) is 26.2 Å². The Morgan fingerprint density at radius 3 is 2.33 bits per heavy atom. The van der Waals surface area contributed by atoms with Crippen molar-refractivity contribution in [2.24, 2.45) is 5.92 Å². The summed E-state index contributed by atoms with van der Waals surface area (Å²) >= 11 is 5.38. The molecule has 0 aromatic rings. The average Bonchev–Trinajstić information content (AvgIpc) is 1.83.